The van der Waals surface area contributed by atoms with Gasteiger partial charge < -0.3 is 14.8 Å². The first-order valence-corrected chi connectivity index (χ1v) is 8.66. The lowest BCUT2D eigenvalue weighted by molar-refractivity contribution is -0.131. The highest BCUT2D eigenvalue weighted by atomic mass is 32.1. The first kappa shape index (κ1) is 14.8. The van der Waals surface area contributed by atoms with Crippen LogP contribution in [0.3, 0.4) is 0 Å². The minimum absolute atomic E-state index is 0.0387. The number of carbonyl (C=O) groups is 1. The van der Waals surface area contributed by atoms with Gasteiger partial charge in [-0.05, 0) is 44.7 Å². The largest absolute Gasteiger partial charge is 0.343 e. The summed E-state index contributed by atoms with van der Waals surface area (Å²) in [7, 11) is 0. The number of amides is 1. The molecule has 2 fully saturated rings. The van der Waals surface area contributed by atoms with Gasteiger partial charge >= 0.3 is 4.87 Å². The Labute approximate surface area is 129 Å². The molecule has 0 bridgehead atoms. The van der Waals surface area contributed by atoms with E-state index >= 15 is 0 Å². The molecule has 1 N–H and O–H groups in total. The van der Waals surface area contributed by atoms with E-state index in [9.17, 15) is 9.59 Å². The predicted octanol–water partition coefficient (Wildman–Crippen LogP) is 1.07. The average Bonchev–Trinajstić information content (AvgIpc) is 2.98. The Morgan fingerprint density at radius 1 is 1.33 bits per heavy atom. The maximum atomic E-state index is 12.4. The summed E-state index contributed by atoms with van der Waals surface area (Å²) in [6, 6.07) is 0. The number of fused-ring (bicyclic) bond motifs is 1. The smallest absolute Gasteiger partial charge is 0.307 e. The van der Waals surface area contributed by atoms with Crippen LogP contribution in [0.1, 0.15) is 25.0 Å². The van der Waals surface area contributed by atoms with E-state index in [0.29, 0.717) is 13.0 Å². The molecule has 3 rings (SSSR count). The third-order valence-electron chi connectivity index (χ3n) is 4.90. The molecule has 0 aromatic carbocycles. The van der Waals surface area contributed by atoms with Crippen LogP contribution in [0.25, 0.3) is 0 Å². The fourth-order valence-electron chi connectivity index (χ4n) is 3.51. The normalized spacial score (nSPS) is 25.7. The van der Waals surface area contributed by atoms with Gasteiger partial charge in [0.25, 0.3) is 0 Å². The number of aryl methyl sites for hydroxylation is 1. The Morgan fingerprint density at radius 3 is 2.57 bits per heavy atom. The van der Waals surface area contributed by atoms with Gasteiger partial charge in [-0.1, -0.05) is 11.3 Å². The van der Waals surface area contributed by atoms with Crippen LogP contribution in [-0.2, 0) is 11.3 Å². The second-order valence-electron chi connectivity index (χ2n) is 6.18. The van der Waals surface area contributed by atoms with Crippen molar-refractivity contribution in [1.82, 2.24) is 14.8 Å². The number of nitrogens with zero attached hydrogens (tertiary/aromatic N) is 2. The van der Waals surface area contributed by atoms with Crippen LogP contribution in [0, 0.1) is 18.8 Å². The lowest BCUT2D eigenvalue weighted by atomic mass is 9.92. The Kier molecular flexibility index (Phi) is 4.45. The van der Waals surface area contributed by atoms with Crippen molar-refractivity contribution >= 4 is 17.2 Å². The number of nitrogens with one attached hydrogen (secondary N) is 1. The van der Waals surface area contributed by atoms with Crippen LogP contribution >= 0.6 is 11.3 Å². The average molecular weight is 309 g/mol. The summed E-state index contributed by atoms with van der Waals surface area (Å²) in [5.74, 6) is 1.68. The minimum atomic E-state index is 0.0387. The van der Waals surface area contributed by atoms with E-state index in [2.05, 4.69) is 5.32 Å². The summed E-state index contributed by atoms with van der Waals surface area (Å²) in [5.41, 5.74) is 0.953. The quantitative estimate of drug-likeness (QED) is 0.908. The van der Waals surface area contributed by atoms with Gasteiger partial charge in [-0.15, -0.1) is 0 Å². The van der Waals surface area contributed by atoms with E-state index in [1.165, 1.54) is 11.3 Å². The zero-order valence-corrected chi connectivity index (χ0v) is 13.3. The second-order valence-corrected chi connectivity index (χ2v) is 7.00. The molecule has 1 aromatic heterocycles. The first-order valence-electron chi connectivity index (χ1n) is 7.78. The number of rotatable bonds is 3. The fourth-order valence-corrected chi connectivity index (χ4v) is 4.27. The Morgan fingerprint density at radius 2 is 2.00 bits per heavy atom. The standard InChI is InChI=1S/C15H23N3O2S/c1-11-10-21-15(20)18(11)7-4-14(19)17-5-2-12-8-16-9-13(12)3-6-17/h10,12-13,16H,2-9H2,1H3/t12-,13+. The van der Waals surface area contributed by atoms with Crippen molar-refractivity contribution < 1.29 is 4.79 Å². The van der Waals surface area contributed by atoms with Crippen LogP contribution in [0.15, 0.2) is 10.2 Å². The van der Waals surface area contributed by atoms with Crippen molar-refractivity contribution in [2.75, 3.05) is 26.2 Å². The van der Waals surface area contributed by atoms with E-state index in [0.717, 1.165) is 56.6 Å². The van der Waals surface area contributed by atoms with Crippen molar-refractivity contribution in [1.29, 1.82) is 0 Å². The van der Waals surface area contributed by atoms with E-state index in [-0.39, 0.29) is 10.8 Å². The molecule has 2 aliphatic rings. The lowest BCUT2D eigenvalue weighted by Crippen LogP contribution is -2.33. The molecule has 116 valence electrons. The minimum Gasteiger partial charge on any atom is -0.343 e. The first-order chi connectivity index (χ1) is 10.1. The van der Waals surface area contributed by atoms with Crippen molar-refractivity contribution in [3.8, 4) is 0 Å². The summed E-state index contributed by atoms with van der Waals surface area (Å²) >= 11 is 1.21. The van der Waals surface area contributed by atoms with Crippen molar-refractivity contribution in [3.63, 3.8) is 0 Å². The zero-order chi connectivity index (χ0) is 14.8. The van der Waals surface area contributed by atoms with E-state index in [1.807, 2.05) is 17.2 Å². The molecule has 0 spiro atoms. The summed E-state index contributed by atoms with van der Waals surface area (Å²) in [4.78, 5) is 26.1. The molecule has 5 nitrogen and oxygen atoms in total. The Balaban J connectivity index is 1.55. The highest BCUT2D eigenvalue weighted by molar-refractivity contribution is 7.07. The highest BCUT2D eigenvalue weighted by Crippen LogP contribution is 2.27. The molecule has 3 heterocycles. The number of hydrogen-bond donors (Lipinski definition) is 1. The monoisotopic (exact) mass is 309 g/mol. The van der Waals surface area contributed by atoms with Gasteiger partial charge in [0.1, 0.15) is 0 Å². The molecule has 0 saturated carbocycles. The molecule has 0 aliphatic carbocycles. The molecule has 2 aliphatic heterocycles. The summed E-state index contributed by atoms with van der Waals surface area (Å²) < 4.78 is 1.71. The molecule has 1 amide bonds. The number of carbonyl (C=O) groups excluding carboxylic acids is 1. The van der Waals surface area contributed by atoms with Crippen molar-refractivity contribution in [3.05, 3.63) is 20.7 Å². The number of likely N-dealkylation sites (tertiary alicyclic amines) is 1. The topological polar surface area (TPSA) is 54.3 Å². The van der Waals surface area contributed by atoms with E-state index < -0.39 is 0 Å². The zero-order valence-electron chi connectivity index (χ0n) is 12.5. The number of thiazole rings is 1. The van der Waals surface area contributed by atoms with Crippen LogP contribution < -0.4 is 10.2 Å². The van der Waals surface area contributed by atoms with Crippen LogP contribution in [0.2, 0.25) is 0 Å². The molecule has 2 saturated heterocycles. The number of hydrogen-bond acceptors (Lipinski definition) is 4. The Hall–Kier alpha value is -1.14. The highest BCUT2D eigenvalue weighted by Gasteiger charge is 2.31. The lowest BCUT2D eigenvalue weighted by Gasteiger charge is -2.21. The molecular formula is C15H23N3O2S. The maximum Gasteiger partial charge on any atom is 0.307 e. The van der Waals surface area contributed by atoms with Crippen molar-refractivity contribution in [2.45, 2.75) is 32.7 Å². The van der Waals surface area contributed by atoms with Crippen LogP contribution in [0.4, 0.5) is 0 Å². The van der Waals surface area contributed by atoms with Crippen LogP contribution in [0.5, 0.6) is 0 Å². The van der Waals surface area contributed by atoms with Crippen LogP contribution in [-0.4, -0.2) is 41.6 Å². The molecule has 6 heteroatoms. The SMILES string of the molecule is Cc1csc(=O)n1CCC(=O)N1CC[C@@H]2CNC[C@@H]2CC1. The molecule has 0 radical (unpaired) electrons. The van der Waals surface area contributed by atoms with Gasteiger partial charge in [-0.3, -0.25) is 9.59 Å². The summed E-state index contributed by atoms with van der Waals surface area (Å²) in [6.07, 6.45) is 2.66. The fraction of sp³-hybridized carbons (Fsp3) is 0.733. The molecular weight excluding hydrogens is 286 g/mol. The molecule has 1 aromatic rings. The summed E-state index contributed by atoms with van der Waals surface area (Å²) in [6.45, 7) is 6.39. The van der Waals surface area contributed by atoms with Gasteiger partial charge in [-0.25, -0.2) is 0 Å². The Bertz CT molecular complexity index is 552. The van der Waals surface area contributed by atoms with E-state index in [4.69, 9.17) is 0 Å². The van der Waals surface area contributed by atoms with Gasteiger partial charge in [0.2, 0.25) is 5.91 Å². The van der Waals surface area contributed by atoms with Gasteiger partial charge in [-0.2, -0.15) is 0 Å². The van der Waals surface area contributed by atoms with Gasteiger partial charge in [0.15, 0.2) is 0 Å². The third-order valence-corrected chi connectivity index (χ3v) is 5.78. The predicted molar refractivity (Wildman–Crippen MR) is 83.6 cm³/mol. The van der Waals surface area contributed by atoms with Gasteiger partial charge in [0.05, 0.1) is 0 Å². The van der Waals surface area contributed by atoms with Crippen molar-refractivity contribution in [2.24, 2.45) is 11.8 Å². The molecule has 21 heavy (non-hydrogen) atoms. The van der Waals surface area contributed by atoms with Gasteiger partial charge in [0, 0.05) is 37.1 Å². The summed E-state index contributed by atoms with van der Waals surface area (Å²) in [5, 5.41) is 5.31. The maximum absolute atomic E-state index is 12.4. The number of aromatic nitrogens is 1. The third kappa shape index (κ3) is 3.21. The molecule has 0 unspecified atom stereocenters. The molecule has 2 atom stereocenters. The van der Waals surface area contributed by atoms with E-state index in [1.54, 1.807) is 4.57 Å². The second kappa shape index (κ2) is 6.32.